The van der Waals surface area contributed by atoms with Gasteiger partial charge in [0.15, 0.2) is 5.69 Å². The van der Waals surface area contributed by atoms with Crippen LogP contribution in [-0.2, 0) is 17.6 Å². The minimum absolute atomic E-state index is 0.174. The third kappa shape index (κ3) is 3.77. The lowest BCUT2D eigenvalue weighted by molar-refractivity contribution is -0.139. The van der Waals surface area contributed by atoms with E-state index in [9.17, 15) is 19.1 Å². The van der Waals surface area contributed by atoms with Crippen LogP contribution in [-0.4, -0.2) is 32.8 Å². The van der Waals surface area contributed by atoms with Gasteiger partial charge in [-0.15, -0.1) is 6.58 Å². The van der Waals surface area contributed by atoms with Gasteiger partial charge in [0, 0.05) is 11.3 Å². The molecule has 1 aromatic carbocycles. The minimum atomic E-state index is -1.11. The van der Waals surface area contributed by atoms with E-state index in [1.54, 1.807) is 18.2 Å². The summed E-state index contributed by atoms with van der Waals surface area (Å²) in [4.78, 5) is 24.1. The zero-order valence-electron chi connectivity index (χ0n) is 15.2. The number of carboxylic acid groups (broad SMARTS) is 1. The average Bonchev–Trinajstić information content (AvgIpc) is 3.23. The van der Waals surface area contributed by atoms with E-state index in [4.69, 9.17) is 0 Å². The van der Waals surface area contributed by atoms with E-state index in [0.717, 1.165) is 23.2 Å². The molecule has 0 spiro atoms. The first-order valence-electron chi connectivity index (χ1n) is 8.94. The number of nitrogens with zero attached hydrogens (tertiary/aromatic N) is 2. The summed E-state index contributed by atoms with van der Waals surface area (Å²) in [5.41, 5.74) is 2.93. The Balaban J connectivity index is 1.95. The molecule has 1 aliphatic carbocycles. The largest absolute Gasteiger partial charge is 0.480 e. The van der Waals surface area contributed by atoms with Crippen molar-refractivity contribution in [2.75, 3.05) is 0 Å². The van der Waals surface area contributed by atoms with Crippen molar-refractivity contribution >= 4 is 11.9 Å². The highest BCUT2D eigenvalue weighted by atomic mass is 19.1. The van der Waals surface area contributed by atoms with Crippen LogP contribution in [0.5, 0.6) is 0 Å². The maximum Gasteiger partial charge on any atom is 0.326 e. The van der Waals surface area contributed by atoms with E-state index in [1.807, 2.05) is 6.92 Å². The molecule has 27 heavy (non-hydrogen) atoms. The molecule has 0 fully saturated rings. The summed E-state index contributed by atoms with van der Waals surface area (Å²) in [5.74, 6) is -2.07. The lowest BCUT2D eigenvalue weighted by Crippen LogP contribution is -2.41. The van der Waals surface area contributed by atoms with Gasteiger partial charge in [0.1, 0.15) is 17.5 Å². The SMILES string of the molecule is C=CCCC(NC(=O)c1nn(-c2cc(C)ccc2F)c2c1CCC2)C(=O)O. The normalized spacial score (nSPS) is 13.9. The Kier molecular flexibility index (Phi) is 5.39. The summed E-state index contributed by atoms with van der Waals surface area (Å²) in [6.45, 7) is 5.43. The fourth-order valence-corrected chi connectivity index (χ4v) is 3.37. The molecule has 3 rings (SSSR count). The summed E-state index contributed by atoms with van der Waals surface area (Å²) in [5, 5.41) is 16.2. The van der Waals surface area contributed by atoms with Gasteiger partial charge in [0.05, 0.1) is 0 Å². The van der Waals surface area contributed by atoms with Gasteiger partial charge in [0.25, 0.3) is 5.91 Å². The van der Waals surface area contributed by atoms with E-state index < -0.39 is 23.7 Å². The zero-order valence-corrected chi connectivity index (χ0v) is 15.2. The number of halogens is 1. The first-order valence-corrected chi connectivity index (χ1v) is 8.94. The van der Waals surface area contributed by atoms with Gasteiger partial charge in [-0.2, -0.15) is 5.10 Å². The van der Waals surface area contributed by atoms with Crippen LogP contribution in [0.25, 0.3) is 5.69 Å². The van der Waals surface area contributed by atoms with Gasteiger partial charge in [-0.25, -0.2) is 13.9 Å². The first-order chi connectivity index (χ1) is 12.9. The van der Waals surface area contributed by atoms with Crippen molar-refractivity contribution in [3.63, 3.8) is 0 Å². The number of benzene rings is 1. The van der Waals surface area contributed by atoms with Gasteiger partial charge in [0.2, 0.25) is 0 Å². The summed E-state index contributed by atoms with van der Waals surface area (Å²) >= 11 is 0. The second-order valence-electron chi connectivity index (χ2n) is 6.72. The Labute approximate surface area is 156 Å². The Hall–Kier alpha value is -2.96. The molecule has 0 aliphatic heterocycles. The topological polar surface area (TPSA) is 84.2 Å². The number of nitrogens with one attached hydrogen (secondary N) is 1. The molecule has 1 unspecified atom stereocenters. The second kappa shape index (κ2) is 7.73. The van der Waals surface area contributed by atoms with Crippen molar-refractivity contribution in [2.45, 2.75) is 45.1 Å². The number of carboxylic acids is 1. The first kappa shape index (κ1) is 18.8. The highest BCUT2D eigenvalue weighted by molar-refractivity contribution is 5.96. The Morgan fingerprint density at radius 2 is 2.22 bits per heavy atom. The number of hydrogen-bond donors (Lipinski definition) is 2. The van der Waals surface area contributed by atoms with E-state index >= 15 is 0 Å². The molecule has 0 saturated carbocycles. The molecule has 7 heteroatoms. The molecule has 0 radical (unpaired) electrons. The molecule has 1 amide bonds. The van der Waals surface area contributed by atoms with Gasteiger partial charge in [-0.1, -0.05) is 12.1 Å². The molecule has 0 saturated heterocycles. The second-order valence-corrected chi connectivity index (χ2v) is 6.72. The molecular weight excluding hydrogens is 349 g/mol. The van der Waals surface area contributed by atoms with Crippen LogP contribution < -0.4 is 5.32 Å². The molecule has 1 aromatic heterocycles. The van der Waals surface area contributed by atoms with Crippen LogP contribution in [0.15, 0.2) is 30.9 Å². The smallest absolute Gasteiger partial charge is 0.326 e. The van der Waals surface area contributed by atoms with Crippen molar-refractivity contribution in [3.8, 4) is 5.69 Å². The van der Waals surface area contributed by atoms with Gasteiger partial charge in [-0.05, 0) is 56.7 Å². The molecule has 1 atom stereocenters. The van der Waals surface area contributed by atoms with Crippen LogP contribution >= 0.6 is 0 Å². The lowest BCUT2D eigenvalue weighted by Gasteiger charge is -2.13. The number of hydrogen-bond acceptors (Lipinski definition) is 3. The number of aliphatic carboxylic acids is 1. The summed E-state index contributed by atoms with van der Waals surface area (Å²) in [7, 11) is 0. The van der Waals surface area contributed by atoms with E-state index in [1.165, 1.54) is 10.7 Å². The molecule has 2 N–H and O–H groups in total. The number of aromatic nitrogens is 2. The van der Waals surface area contributed by atoms with Crippen molar-refractivity contribution in [1.29, 1.82) is 0 Å². The lowest BCUT2D eigenvalue weighted by atomic mass is 10.1. The van der Waals surface area contributed by atoms with E-state index in [2.05, 4.69) is 17.0 Å². The van der Waals surface area contributed by atoms with Gasteiger partial charge >= 0.3 is 5.97 Å². The van der Waals surface area contributed by atoms with Crippen LogP contribution in [0.2, 0.25) is 0 Å². The number of fused-ring (bicyclic) bond motifs is 1. The predicted octanol–water partition coefficient (Wildman–Crippen LogP) is 2.96. The maximum atomic E-state index is 14.3. The Morgan fingerprint density at radius 1 is 1.44 bits per heavy atom. The number of rotatable bonds is 7. The molecule has 2 aromatic rings. The van der Waals surface area contributed by atoms with Crippen molar-refractivity contribution in [1.82, 2.24) is 15.1 Å². The Bertz CT molecular complexity index is 904. The van der Waals surface area contributed by atoms with Gasteiger partial charge in [-0.3, -0.25) is 4.79 Å². The van der Waals surface area contributed by atoms with Crippen LogP contribution in [0.1, 0.15) is 46.6 Å². The number of amides is 1. The van der Waals surface area contributed by atoms with Crippen LogP contribution in [0, 0.1) is 12.7 Å². The molecule has 142 valence electrons. The molecule has 6 nitrogen and oxygen atoms in total. The number of aryl methyl sites for hydroxylation is 1. The van der Waals surface area contributed by atoms with Crippen LogP contribution in [0.3, 0.4) is 0 Å². The fourth-order valence-electron chi connectivity index (χ4n) is 3.37. The van der Waals surface area contributed by atoms with Gasteiger partial charge < -0.3 is 10.4 Å². The van der Waals surface area contributed by atoms with E-state index in [0.29, 0.717) is 24.9 Å². The quantitative estimate of drug-likeness (QED) is 0.733. The van der Waals surface area contributed by atoms with Crippen molar-refractivity contribution < 1.29 is 19.1 Å². The standard InChI is InChI=1S/C20H22FN3O3/c1-3-4-7-15(20(26)27)22-19(25)18-13-6-5-8-16(13)24(23-18)17-11-12(2)9-10-14(17)21/h3,9-11,15H,1,4-8H2,2H3,(H,22,25)(H,26,27). The third-order valence-electron chi connectivity index (χ3n) is 4.74. The highest BCUT2D eigenvalue weighted by Crippen LogP contribution is 2.29. The Morgan fingerprint density at radius 3 is 2.93 bits per heavy atom. The minimum Gasteiger partial charge on any atom is -0.480 e. The molecule has 1 heterocycles. The van der Waals surface area contributed by atoms with E-state index in [-0.39, 0.29) is 12.1 Å². The number of carbonyl (C=O) groups excluding carboxylic acids is 1. The predicted molar refractivity (Wildman–Crippen MR) is 98.6 cm³/mol. The fraction of sp³-hybridized carbons (Fsp3) is 0.350. The number of allylic oxidation sites excluding steroid dienone is 1. The van der Waals surface area contributed by atoms with Crippen molar-refractivity contribution in [3.05, 3.63) is 59.2 Å². The molecule has 0 bridgehead atoms. The van der Waals surface area contributed by atoms with Crippen molar-refractivity contribution in [2.24, 2.45) is 0 Å². The third-order valence-corrected chi connectivity index (χ3v) is 4.74. The summed E-state index contributed by atoms with van der Waals surface area (Å²) in [6, 6.07) is 3.72. The average molecular weight is 371 g/mol. The highest BCUT2D eigenvalue weighted by Gasteiger charge is 2.30. The summed E-state index contributed by atoms with van der Waals surface area (Å²) in [6.07, 6.45) is 4.53. The molecule has 1 aliphatic rings. The summed E-state index contributed by atoms with van der Waals surface area (Å²) < 4.78 is 15.8. The molecular formula is C20H22FN3O3. The zero-order chi connectivity index (χ0) is 19.6. The van der Waals surface area contributed by atoms with Crippen LogP contribution in [0.4, 0.5) is 4.39 Å². The monoisotopic (exact) mass is 371 g/mol. The maximum absolute atomic E-state index is 14.3. The number of carbonyl (C=O) groups is 2.